The number of rotatable bonds is 4. The molecule has 4 nitrogen and oxygen atoms in total. The number of thioether (sulfide) groups is 1. The second-order valence-corrected chi connectivity index (χ2v) is 5.20. The van der Waals surface area contributed by atoms with E-state index in [1.54, 1.807) is 6.92 Å². The molecule has 1 heterocycles. The van der Waals surface area contributed by atoms with Gasteiger partial charge in [0.1, 0.15) is 0 Å². The van der Waals surface area contributed by atoms with Gasteiger partial charge in [-0.1, -0.05) is 11.8 Å². The Morgan fingerprint density at radius 2 is 2.40 bits per heavy atom. The highest BCUT2D eigenvalue weighted by atomic mass is 32.2. The Labute approximate surface area is 94.6 Å². The lowest BCUT2D eigenvalue weighted by atomic mass is 10.1. The van der Waals surface area contributed by atoms with Crippen LogP contribution in [0.15, 0.2) is 0 Å². The second-order valence-electron chi connectivity index (χ2n) is 4.00. The number of likely N-dealkylation sites (tertiary alicyclic amines) is 1. The summed E-state index contributed by atoms with van der Waals surface area (Å²) in [5, 5.41) is 0.118. The molecule has 0 aliphatic carbocycles. The zero-order chi connectivity index (χ0) is 11.4. The molecule has 1 saturated heterocycles. The molecule has 2 N–H and O–H groups in total. The lowest BCUT2D eigenvalue weighted by Crippen LogP contribution is -2.39. The monoisotopic (exact) mass is 230 g/mol. The predicted molar refractivity (Wildman–Crippen MR) is 61.5 cm³/mol. The highest BCUT2D eigenvalue weighted by Crippen LogP contribution is 2.23. The van der Waals surface area contributed by atoms with E-state index in [4.69, 9.17) is 5.73 Å². The van der Waals surface area contributed by atoms with Crippen molar-refractivity contribution in [2.45, 2.75) is 26.3 Å². The summed E-state index contributed by atoms with van der Waals surface area (Å²) in [6, 6.07) is 0.116. The number of nitrogens with zero attached hydrogens (tertiary/aromatic N) is 1. The maximum Gasteiger partial charge on any atom is 0.223 e. The minimum atomic E-state index is 0.116. The van der Waals surface area contributed by atoms with E-state index in [0.717, 1.165) is 12.3 Å². The second kappa shape index (κ2) is 5.51. The van der Waals surface area contributed by atoms with Gasteiger partial charge in [-0.05, 0) is 12.8 Å². The van der Waals surface area contributed by atoms with E-state index in [1.165, 1.54) is 11.8 Å². The molecule has 0 aromatic heterocycles. The summed E-state index contributed by atoms with van der Waals surface area (Å²) in [4.78, 5) is 24.2. The van der Waals surface area contributed by atoms with Gasteiger partial charge in [-0.2, -0.15) is 0 Å². The maximum atomic E-state index is 11.6. The summed E-state index contributed by atoms with van der Waals surface area (Å²) in [5.41, 5.74) is 5.53. The fraction of sp³-hybridized carbons (Fsp3) is 0.800. The lowest BCUT2D eigenvalue weighted by molar-refractivity contribution is -0.129. The van der Waals surface area contributed by atoms with Crippen molar-refractivity contribution in [3.63, 3.8) is 0 Å². The SMILES string of the molecule is CC(=O)SCC1CC(=O)N(C(C)CN)C1. The standard InChI is InChI=1S/C10H18N2O2S/c1-7(4-11)12-5-9(3-10(12)14)6-15-8(2)13/h7,9H,3-6,11H2,1-2H3. The minimum Gasteiger partial charge on any atom is -0.338 e. The van der Waals surface area contributed by atoms with Crippen LogP contribution >= 0.6 is 11.8 Å². The molecule has 2 atom stereocenters. The molecule has 2 unspecified atom stereocenters. The number of nitrogens with two attached hydrogens (primary N) is 1. The van der Waals surface area contributed by atoms with Gasteiger partial charge in [0.2, 0.25) is 5.91 Å². The first-order valence-electron chi connectivity index (χ1n) is 5.17. The molecule has 5 heteroatoms. The molecular formula is C10H18N2O2S. The summed E-state index contributed by atoms with van der Waals surface area (Å²) in [7, 11) is 0. The van der Waals surface area contributed by atoms with Crippen molar-refractivity contribution in [3.8, 4) is 0 Å². The molecule has 86 valence electrons. The number of carbonyl (C=O) groups excluding carboxylic acids is 2. The van der Waals surface area contributed by atoms with E-state index in [9.17, 15) is 9.59 Å². The molecule has 0 bridgehead atoms. The van der Waals surface area contributed by atoms with E-state index in [2.05, 4.69) is 0 Å². The van der Waals surface area contributed by atoms with Gasteiger partial charge in [-0.25, -0.2) is 0 Å². The normalized spacial score (nSPS) is 23.3. The first-order valence-corrected chi connectivity index (χ1v) is 6.16. The van der Waals surface area contributed by atoms with Gasteiger partial charge < -0.3 is 10.6 Å². The molecule has 1 fully saturated rings. The van der Waals surface area contributed by atoms with Crippen LogP contribution in [0.5, 0.6) is 0 Å². The Balaban J connectivity index is 2.41. The van der Waals surface area contributed by atoms with E-state index in [1.807, 2.05) is 11.8 Å². The molecule has 1 rings (SSSR count). The number of amides is 1. The van der Waals surface area contributed by atoms with Gasteiger partial charge in [0.05, 0.1) is 0 Å². The van der Waals surface area contributed by atoms with Crippen LogP contribution in [0.2, 0.25) is 0 Å². The third-order valence-electron chi connectivity index (χ3n) is 2.63. The number of carbonyl (C=O) groups is 2. The Morgan fingerprint density at radius 3 is 2.93 bits per heavy atom. The van der Waals surface area contributed by atoms with Crippen molar-refractivity contribution in [3.05, 3.63) is 0 Å². The Hall–Kier alpha value is -0.550. The molecule has 1 amide bonds. The maximum absolute atomic E-state index is 11.6. The van der Waals surface area contributed by atoms with Crippen LogP contribution in [-0.2, 0) is 9.59 Å². The Morgan fingerprint density at radius 1 is 1.73 bits per heavy atom. The van der Waals surface area contributed by atoms with Crippen LogP contribution in [-0.4, -0.2) is 40.8 Å². The minimum absolute atomic E-state index is 0.116. The molecule has 0 aromatic carbocycles. The first kappa shape index (κ1) is 12.5. The van der Waals surface area contributed by atoms with Crippen LogP contribution < -0.4 is 5.73 Å². The van der Waals surface area contributed by atoms with Crippen molar-refractivity contribution >= 4 is 22.8 Å². The van der Waals surface area contributed by atoms with E-state index >= 15 is 0 Å². The highest BCUT2D eigenvalue weighted by Gasteiger charge is 2.31. The largest absolute Gasteiger partial charge is 0.338 e. The van der Waals surface area contributed by atoms with Crippen LogP contribution in [0.4, 0.5) is 0 Å². The topological polar surface area (TPSA) is 63.4 Å². The zero-order valence-corrected chi connectivity index (χ0v) is 10.0. The molecule has 0 radical (unpaired) electrons. The van der Waals surface area contributed by atoms with Gasteiger partial charge in [0, 0.05) is 38.2 Å². The third kappa shape index (κ3) is 3.50. The zero-order valence-electron chi connectivity index (χ0n) is 9.23. The van der Waals surface area contributed by atoms with Crippen LogP contribution in [0.3, 0.4) is 0 Å². The quantitative estimate of drug-likeness (QED) is 0.762. The van der Waals surface area contributed by atoms with Crippen LogP contribution in [0, 0.1) is 5.92 Å². The fourth-order valence-electron chi connectivity index (χ4n) is 1.71. The van der Waals surface area contributed by atoms with Crippen molar-refractivity contribution in [1.29, 1.82) is 0 Å². The fourth-order valence-corrected chi connectivity index (χ4v) is 2.40. The van der Waals surface area contributed by atoms with Crippen LogP contribution in [0.25, 0.3) is 0 Å². The average molecular weight is 230 g/mol. The average Bonchev–Trinajstić information content (AvgIpc) is 2.55. The first-order chi connectivity index (χ1) is 7.04. The molecule has 15 heavy (non-hydrogen) atoms. The predicted octanol–water partition coefficient (Wildman–Crippen LogP) is 0.462. The highest BCUT2D eigenvalue weighted by molar-refractivity contribution is 8.13. The van der Waals surface area contributed by atoms with E-state index < -0.39 is 0 Å². The summed E-state index contributed by atoms with van der Waals surface area (Å²) in [5.74, 6) is 1.22. The van der Waals surface area contributed by atoms with Gasteiger partial charge in [0.25, 0.3) is 0 Å². The molecule has 0 saturated carbocycles. The molecule has 0 aromatic rings. The summed E-state index contributed by atoms with van der Waals surface area (Å²) >= 11 is 1.30. The number of hydrogen-bond acceptors (Lipinski definition) is 4. The Bertz CT molecular complexity index is 258. The van der Waals surface area contributed by atoms with Gasteiger partial charge in [-0.3, -0.25) is 9.59 Å². The molecule has 1 aliphatic heterocycles. The van der Waals surface area contributed by atoms with E-state index in [-0.39, 0.29) is 17.1 Å². The van der Waals surface area contributed by atoms with E-state index in [0.29, 0.717) is 18.9 Å². The van der Waals surface area contributed by atoms with Gasteiger partial charge in [0.15, 0.2) is 5.12 Å². The van der Waals surface area contributed by atoms with Crippen molar-refractivity contribution in [1.82, 2.24) is 4.90 Å². The smallest absolute Gasteiger partial charge is 0.223 e. The van der Waals surface area contributed by atoms with Gasteiger partial charge in [-0.15, -0.1) is 0 Å². The molecule has 1 aliphatic rings. The number of hydrogen-bond donors (Lipinski definition) is 1. The summed E-state index contributed by atoms with van der Waals surface area (Å²) < 4.78 is 0. The van der Waals surface area contributed by atoms with Crippen LogP contribution in [0.1, 0.15) is 20.3 Å². The molecular weight excluding hydrogens is 212 g/mol. The summed E-state index contributed by atoms with van der Waals surface area (Å²) in [6.07, 6.45) is 0.560. The van der Waals surface area contributed by atoms with Crippen molar-refractivity contribution in [2.24, 2.45) is 11.7 Å². The van der Waals surface area contributed by atoms with Gasteiger partial charge >= 0.3 is 0 Å². The molecule has 0 spiro atoms. The van der Waals surface area contributed by atoms with Crippen molar-refractivity contribution < 1.29 is 9.59 Å². The summed E-state index contributed by atoms with van der Waals surface area (Å²) in [6.45, 7) is 4.76. The third-order valence-corrected chi connectivity index (χ3v) is 3.68. The Kier molecular flexibility index (Phi) is 4.60. The van der Waals surface area contributed by atoms with Crippen molar-refractivity contribution in [2.75, 3.05) is 18.8 Å². The lowest BCUT2D eigenvalue weighted by Gasteiger charge is -2.23.